The molecule has 15 heavy (non-hydrogen) atoms. The predicted molar refractivity (Wildman–Crippen MR) is 64.8 cm³/mol. The van der Waals surface area contributed by atoms with Gasteiger partial charge in [0.2, 0.25) is 0 Å². The van der Waals surface area contributed by atoms with Crippen LogP contribution in [0.2, 0.25) is 0 Å². The molecule has 0 spiro atoms. The van der Waals surface area contributed by atoms with Gasteiger partial charge in [-0.2, -0.15) is 0 Å². The van der Waals surface area contributed by atoms with E-state index in [0.29, 0.717) is 5.56 Å². The molecule has 3 heteroatoms. The fourth-order valence-electron chi connectivity index (χ4n) is 1.53. The second-order valence-corrected chi connectivity index (χ2v) is 3.77. The smallest absolute Gasteiger partial charge is 0.127 e. The molecule has 0 radical (unpaired) electrons. The lowest BCUT2D eigenvalue weighted by Gasteiger charge is -2.12. The summed E-state index contributed by atoms with van der Waals surface area (Å²) in [7, 11) is 0. The first-order valence-corrected chi connectivity index (χ1v) is 5.16. The Bertz CT molecular complexity index is 302. The van der Waals surface area contributed by atoms with Gasteiger partial charge in [0.05, 0.1) is 0 Å². The van der Waals surface area contributed by atoms with Gasteiger partial charge in [-0.3, -0.25) is 0 Å². The molecule has 0 aliphatic carbocycles. The third-order valence-corrected chi connectivity index (χ3v) is 2.42. The molecule has 0 bridgehead atoms. The van der Waals surface area contributed by atoms with E-state index in [1.165, 1.54) is 6.07 Å². The van der Waals surface area contributed by atoms with E-state index in [2.05, 4.69) is 6.92 Å². The van der Waals surface area contributed by atoms with Crippen molar-refractivity contribution in [1.29, 1.82) is 0 Å². The Balaban J connectivity index is 0.00000196. The van der Waals surface area contributed by atoms with E-state index in [1.54, 1.807) is 6.07 Å². The van der Waals surface area contributed by atoms with Crippen molar-refractivity contribution in [3.05, 3.63) is 35.1 Å². The highest BCUT2D eigenvalue weighted by molar-refractivity contribution is 5.85. The van der Waals surface area contributed by atoms with Crippen molar-refractivity contribution in [1.82, 2.24) is 0 Å². The van der Waals surface area contributed by atoms with Crippen LogP contribution in [0.1, 0.15) is 43.4 Å². The number of hydrogen-bond acceptors (Lipinski definition) is 1. The minimum Gasteiger partial charge on any atom is -0.324 e. The van der Waals surface area contributed by atoms with Crippen molar-refractivity contribution in [2.75, 3.05) is 0 Å². The number of rotatable bonds is 4. The molecule has 0 saturated heterocycles. The van der Waals surface area contributed by atoms with Crippen LogP contribution < -0.4 is 5.73 Å². The van der Waals surface area contributed by atoms with E-state index < -0.39 is 0 Å². The summed E-state index contributed by atoms with van der Waals surface area (Å²) in [6.07, 6.45) is 3.01. The van der Waals surface area contributed by atoms with Gasteiger partial charge in [-0.1, -0.05) is 37.5 Å². The highest BCUT2D eigenvalue weighted by Crippen LogP contribution is 2.20. The molecule has 1 aromatic rings. The first-order chi connectivity index (χ1) is 6.65. The van der Waals surface area contributed by atoms with Gasteiger partial charge < -0.3 is 5.73 Å². The summed E-state index contributed by atoms with van der Waals surface area (Å²) in [5.74, 6) is -0.181. The fourth-order valence-corrected chi connectivity index (χ4v) is 1.53. The number of halogens is 2. The fraction of sp³-hybridized carbons (Fsp3) is 0.500. The van der Waals surface area contributed by atoms with Gasteiger partial charge in [0.25, 0.3) is 0 Å². The minimum absolute atomic E-state index is 0. The van der Waals surface area contributed by atoms with Crippen molar-refractivity contribution in [3.8, 4) is 0 Å². The lowest BCUT2D eigenvalue weighted by Crippen LogP contribution is -2.12. The predicted octanol–water partition coefficient (Wildman–Crippen LogP) is 3.75. The SMILES string of the molecule is CCCC[C@H](N)c1cc(C)ccc1F.Cl. The maximum absolute atomic E-state index is 13.4. The monoisotopic (exact) mass is 231 g/mol. The van der Waals surface area contributed by atoms with Crippen LogP contribution in [0.5, 0.6) is 0 Å². The third-order valence-electron chi connectivity index (χ3n) is 2.42. The summed E-state index contributed by atoms with van der Waals surface area (Å²) < 4.78 is 13.4. The first-order valence-electron chi connectivity index (χ1n) is 5.16. The zero-order valence-corrected chi connectivity index (χ0v) is 10.1. The Kier molecular flexibility index (Phi) is 6.53. The molecular formula is C12H19ClFN. The Morgan fingerprint density at radius 2 is 2.07 bits per heavy atom. The van der Waals surface area contributed by atoms with Crippen LogP contribution in [0.25, 0.3) is 0 Å². The average Bonchev–Trinajstić information content (AvgIpc) is 2.18. The van der Waals surface area contributed by atoms with E-state index in [-0.39, 0.29) is 24.3 Å². The molecule has 0 heterocycles. The summed E-state index contributed by atoms with van der Waals surface area (Å²) in [6, 6.07) is 4.95. The zero-order valence-electron chi connectivity index (χ0n) is 9.29. The van der Waals surface area contributed by atoms with Gasteiger partial charge in [0.1, 0.15) is 5.82 Å². The molecule has 0 fully saturated rings. The van der Waals surface area contributed by atoms with Crippen LogP contribution in [0, 0.1) is 12.7 Å². The summed E-state index contributed by atoms with van der Waals surface area (Å²) in [5, 5.41) is 0. The number of aryl methyl sites for hydroxylation is 1. The molecular weight excluding hydrogens is 213 g/mol. The summed E-state index contributed by atoms with van der Waals surface area (Å²) in [6.45, 7) is 4.06. The molecule has 0 aliphatic rings. The maximum Gasteiger partial charge on any atom is 0.127 e. The maximum atomic E-state index is 13.4. The van der Waals surface area contributed by atoms with Crippen LogP contribution in [0.4, 0.5) is 4.39 Å². The molecule has 86 valence electrons. The molecule has 1 rings (SSSR count). The van der Waals surface area contributed by atoms with Gasteiger partial charge >= 0.3 is 0 Å². The van der Waals surface area contributed by atoms with Crippen LogP contribution in [0.15, 0.2) is 18.2 Å². The van der Waals surface area contributed by atoms with Gasteiger partial charge in [0.15, 0.2) is 0 Å². The van der Waals surface area contributed by atoms with Crippen LogP contribution in [0.3, 0.4) is 0 Å². The summed E-state index contributed by atoms with van der Waals surface area (Å²) >= 11 is 0. The second-order valence-electron chi connectivity index (χ2n) is 3.77. The highest BCUT2D eigenvalue weighted by Gasteiger charge is 2.10. The number of unbranched alkanes of at least 4 members (excludes halogenated alkanes) is 1. The zero-order chi connectivity index (χ0) is 10.6. The Morgan fingerprint density at radius 1 is 1.40 bits per heavy atom. The van der Waals surface area contributed by atoms with E-state index >= 15 is 0 Å². The largest absolute Gasteiger partial charge is 0.324 e. The van der Waals surface area contributed by atoms with E-state index in [0.717, 1.165) is 24.8 Å². The summed E-state index contributed by atoms with van der Waals surface area (Å²) in [5.41, 5.74) is 7.63. The van der Waals surface area contributed by atoms with Gasteiger partial charge in [-0.25, -0.2) is 4.39 Å². The molecule has 0 unspecified atom stereocenters. The normalized spacial score (nSPS) is 12.0. The van der Waals surface area contributed by atoms with E-state index in [4.69, 9.17) is 5.73 Å². The quantitative estimate of drug-likeness (QED) is 0.839. The van der Waals surface area contributed by atoms with Crippen molar-refractivity contribution < 1.29 is 4.39 Å². The van der Waals surface area contributed by atoms with Crippen molar-refractivity contribution in [2.45, 2.75) is 39.2 Å². The molecule has 1 atom stereocenters. The summed E-state index contributed by atoms with van der Waals surface area (Å²) in [4.78, 5) is 0. The second kappa shape index (κ2) is 6.81. The molecule has 0 aromatic heterocycles. The number of nitrogens with two attached hydrogens (primary N) is 1. The molecule has 0 aliphatic heterocycles. The van der Waals surface area contributed by atoms with Crippen molar-refractivity contribution >= 4 is 12.4 Å². The Morgan fingerprint density at radius 3 is 2.67 bits per heavy atom. The van der Waals surface area contributed by atoms with E-state index in [1.807, 2.05) is 13.0 Å². The van der Waals surface area contributed by atoms with Crippen molar-refractivity contribution in [3.63, 3.8) is 0 Å². The van der Waals surface area contributed by atoms with Gasteiger partial charge in [-0.15, -0.1) is 12.4 Å². The van der Waals surface area contributed by atoms with Crippen LogP contribution in [-0.2, 0) is 0 Å². The molecule has 0 amide bonds. The molecule has 1 nitrogen and oxygen atoms in total. The van der Waals surface area contributed by atoms with Gasteiger partial charge in [0, 0.05) is 11.6 Å². The Hall–Kier alpha value is -0.600. The topological polar surface area (TPSA) is 26.0 Å². The van der Waals surface area contributed by atoms with Crippen molar-refractivity contribution in [2.24, 2.45) is 5.73 Å². The molecule has 1 aromatic carbocycles. The third kappa shape index (κ3) is 4.18. The number of hydrogen-bond donors (Lipinski definition) is 1. The van der Waals surface area contributed by atoms with Crippen LogP contribution >= 0.6 is 12.4 Å². The lowest BCUT2D eigenvalue weighted by molar-refractivity contribution is 0.547. The molecule has 0 saturated carbocycles. The standard InChI is InChI=1S/C12H18FN.ClH/c1-3-4-5-12(14)10-8-9(2)6-7-11(10)13;/h6-8,12H,3-5,14H2,1-2H3;1H/t12-;/m0./s1. The average molecular weight is 232 g/mol. The highest BCUT2D eigenvalue weighted by atomic mass is 35.5. The minimum atomic E-state index is -0.181. The molecule has 2 N–H and O–H groups in total. The number of benzene rings is 1. The first kappa shape index (κ1) is 14.4. The Labute approximate surface area is 97.3 Å². The lowest BCUT2D eigenvalue weighted by atomic mass is 10.00. The van der Waals surface area contributed by atoms with E-state index in [9.17, 15) is 4.39 Å². The van der Waals surface area contributed by atoms with Gasteiger partial charge in [-0.05, 0) is 19.4 Å². The van der Waals surface area contributed by atoms with Crippen LogP contribution in [-0.4, -0.2) is 0 Å².